The van der Waals surface area contributed by atoms with Crippen LogP contribution in [0.15, 0.2) is 18.2 Å². The van der Waals surface area contributed by atoms with Crippen molar-refractivity contribution in [3.8, 4) is 0 Å². The highest BCUT2D eigenvalue weighted by atomic mass is 32.1. The fourth-order valence-corrected chi connectivity index (χ4v) is 3.17. The largest absolute Gasteiger partial charge is 0.337 e. The van der Waals surface area contributed by atoms with Gasteiger partial charge in [-0.2, -0.15) is 0 Å². The third kappa shape index (κ3) is 3.14. The molecule has 24 heavy (non-hydrogen) atoms. The smallest absolute Gasteiger partial charge is 0.254 e. The predicted octanol–water partition coefficient (Wildman–Crippen LogP) is 2.75. The Morgan fingerprint density at radius 1 is 1.25 bits per heavy atom. The number of anilines is 1. The summed E-state index contributed by atoms with van der Waals surface area (Å²) in [5, 5.41) is 3.28. The van der Waals surface area contributed by atoms with Crippen LogP contribution < -0.4 is 5.32 Å². The normalized spacial score (nSPS) is 14.4. The Balaban J connectivity index is 1.57. The van der Waals surface area contributed by atoms with Gasteiger partial charge in [0.1, 0.15) is 0 Å². The molecule has 2 amide bonds. The van der Waals surface area contributed by atoms with Gasteiger partial charge in [-0.05, 0) is 32.0 Å². The van der Waals surface area contributed by atoms with E-state index < -0.39 is 17.5 Å². The number of benzene rings is 1. The zero-order chi connectivity index (χ0) is 17.4. The third-order valence-electron chi connectivity index (χ3n) is 3.96. The van der Waals surface area contributed by atoms with Crippen LogP contribution in [0.3, 0.4) is 0 Å². The number of halogens is 2. The zero-order valence-corrected chi connectivity index (χ0v) is 13.9. The molecule has 5 nitrogen and oxygen atoms in total. The van der Waals surface area contributed by atoms with Gasteiger partial charge >= 0.3 is 0 Å². The van der Waals surface area contributed by atoms with E-state index in [0.29, 0.717) is 5.13 Å². The van der Waals surface area contributed by atoms with E-state index in [2.05, 4.69) is 10.3 Å². The highest BCUT2D eigenvalue weighted by Gasteiger charge is 2.36. The van der Waals surface area contributed by atoms with Crippen molar-refractivity contribution >= 4 is 28.3 Å². The molecular weight excluding hydrogens is 336 g/mol. The van der Waals surface area contributed by atoms with Gasteiger partial charge in [0.25, 0.3) is 5.91 Å². The Morgan fingerprint density at radius 3 is 2.54 bits per heavy atom. The Kier molecular flexibility index (Phi) is 4.31. The molecule has 1 fully saturated rings. The summed E-state index contributed by atoms with van der Waals surface area (Å²) in [6.45, 7) is 4.28. The van der Waals surface area contributed by atoms with E-state index in [-0.39, 0.29) is 30.5 Å². The van der Waals surface area contributed by atoms with Crippen LogP contribution >= 0.6 is 11.3 Å². The fourth-order valence-electron chi connectivity index (χ4n) is 2.36. The number of aryl methyl sites for hydroxylation is 2. The highest BCUT2D eigenvalue weighted by molar-refractivity contribution is 7.15. The average Bonchev–Trinajstić information content (AvgIpc) is 2.78. The lowest BCUT2D eigenvalue weighted by Gasteiger charge is -2.38. The molecule has 0 bridgehead atoms. The molecule has 0 aliphatic carbocycles. The Hall–Kier alpha value is -2.35. The molecule has 1 aromatic heterocycles. The molecule has 2 aromatic rings. The van der Waals surface area contributed by atoms with Gasteiger partial charge in [0, 0.05) is 23.5 Å². The number of hydrogen-bond acceptors (Lipinski definition) is 4. The van der Waals surface area contributed by atoms with E-state index in [4.69, 9.17) is 0 Å². The summed E-state index contributed by atoms with van der Waals surface area (Å²) in [7, 11) is 0. The van der Waals surface area contributed by atoms with E-state index >= 15 is 0 Å². The van der Waals surface area contributed by atoms with Crippen LogP contribution in [0, 0.1) is 31.4 Å². The molecule has 1 aliphatic heterocycles. The molecule has 1 aliphatic rings. The Bertz CT molecular complexity index is 796. The van der Waals surface area contributed by atoms with Crippen LogP contribution in [0.5, 0.6) is 0 Å². The number of thiazole rings is 1. The molecule has 0 saturated carbocycles. The van der Waals surface area contributed by atoms with E-state index in [1.165, 1.54) is 22.3 Å². The number of carbonyl (C=O) groups excluding carboxylic acids is 2. The van der Waals surface area contributed by atoms with E-state index in [9.17, 15) is 18.4 Å². The van der Waals surface area contributed by atoms with Gasteiger partial charge in [0.15, 0.2) is 16.8 Å². The van der Waals surface area contributed by atoms with E-state index in [1.54, 1.807) is 0 Å². The first kappa shape index (κ1) is 16.5. The average molecular weight is 351 g/mol. The van der Waals surface area contributed by atoms with Crippen LogP contribution in [0.4, 0.5) is 13.9 Å². The van der Waals surface area contributed by atoms with E-state index in [1.807, 2.05) is 13.8 Å². The second-order valence-electron chi connectivity index (χ2n) is 5.69. The quantitative estimate of drug-likeness (QED) is 0.925. The number of carbonyl (C=O) groups is 2. The van der Waals surface area contributed by atoms with Crippen molar-refractivity contribution in [2.45, 2.75) is 13.8 Å². The van der Waals surface area contributed by atoms with Crippen LogP contribution in [0.25, 0.3) is 0 Å². The lowest BCUT2D eigenvalue weighted by atomic mass is 9.98. The van der Waals surface area contributed by atoms with Crippen molar-refractivity contribution < 1.29 is 18.4 Å². The molecule has 0 spiro atoms. The summed E-state index contributed by atoms with van der Waals surface area (Å²) in [6.07, 6.45) is 0. The molecule has 0 unspecified atom stereocenters. The fraction of sp³-hybridized carbons (Fsp3) is 0.312. The number of hydrogen-bond donors (Lipinski definition) is 1. The molecule has 3 rings (SSSR count). The van der Waals surface area contributed by atoms with Crippen LogP contribution in [0.2, 0.25) is 0 Å². The minimum absolute atomic E-state index is 0.0685. The molecular formula is C16H15F2N3O2S. The molecule has 0 atom stereocenters. The lowest BCUT2D eigenvalue weighted by molar-refractivity contribution is -0.123. The minimum Gasteiger partial charge on any atom is -0.337 e. The van der Waals surface area contributed by atoms with Gasteiger partial charge in [-0.25, -0.2) is 13.8 Å². The molecule has 2 heterocycles. The Labute approximate surface area is 141 Å². The van der Waals surface area contributed by atoms with Gasteiger partial charge in [-0.3, -0.25) is 9.59 Å². The second kappa shape index (κ2) is 6.27. The van der Waals surface area contributed by atoms with Gasteiger partial charge < -0.3 is 10.2 Å². The molecule has 0 radical (unpaired) electrons. The van der Waals surface area contributed by atoms with Crippen molar-refractivity contribution in [3.05, 3.63) is 46.0 Å². The minimum atomic E-state index is -1.06. The standard InChI is InChI=1S/C16H15F2N3O2S/c1-8-9(2)24-16(19-8)20-14(22)11-6-21(7-11)15(23)10-3-4-12(17)13(18)5-10/h3-5,11H,6-7H2,1-2H3,(H,19,20,22). The third-order valence-corrected chi connectivity index (χ3v) is 4.95. The summed E-state index contributed by atoms with van der Waals surface area (Å²) in [5.41, 5.74) is 0.943. The number of amides is 2. The van der Waals surface area contributed by atoms with Crippen LogP contribution in [0.1, 0.15) is 20.9 Å². The molecule has 1 N–H and O–H groups in total. The van der Waals surface area contributed by atoms with E-state index in [0.717, 1.165) is 22.7 Å². The molecule has 1 aromatic carbocycles. The highest BCUT2D eigenvalue weighted by Crippen LogP contribution is 2.24. The lowest BCUT2D eigenvalue weighted by Crippen LogP contribution is -2.54. The van der Waals surface area contributed by atoms with Crippen LogP contribution in [-0.4, -0.2) is 34.8 Å². The summed E-state index contributed by atoms with van der Waals surface area (Å²) < 4.78 is 26.1. The first-order valence-corrected chi connectivity index (χ1v) is 8.16. The number of nitrogens with one attached hydrogen (secondary N) is 1. The maximum atomic E-state index is 13.2. The summed E-state index contributed by atoms with van der Waals surface area (Å²) in [6, 6.07) is 3.02. The van der Waals surface area contributed by atoms with Crippen molar-refractivity contribution in [1.82, 2.24) is 9.88 Å². The maximum Gasteiger partial charge on any atom is 0.254 e. The van der Waals surface area contributed by atoms with Crippen molar-refractivity contribution in [3.63, 3.8) is 0 Å². The summed E-state index contributed by atoms with van der Waals surface area (Å²) in [5.74, 6) is -3.01. The van der Waals surface area contributed by atoms with Gasteiger partial charge in [0.05, 0.1) is 11.6 Å². The molecule has 1 saturated heterocycles. The van der Waals surface area contributed by atoms with Gasteiger partial charge in [-0.1, -0.05) is 0 Å². The first-order valence-electron chi connectivity index (χ1n) is 7.34. The number of nitrogens with zero attached hydrogens (tertiary/aromatic N) is 2. The molecule has 126 valence electrons. The number of aromatic nitrogens is 1. The van der Waals surface area contributed by atoms with Crippen molar-refractivity contribution in [2.24, 2.45) is 5.92 Å². The zero-order valence-electron chi connectivity index (χ0n) is 13.1. The van der Waals surface area contributed by atoms with Crippen molar-refractivity contribution in [2.75, 3.05) is 18.4 Å². The maximum absolute atomic E-state index is 13.2. The monoisotopic (exact) mass is 351 g/mol. The van der Waals surface area contributed by atoms with Crippen molar-refractivity contribution in [1.29, 1.82) is 0 Å². The SMILES string of the molecule is Cc1nc(NC(=O)C2CN(C(=O)c3ccc(F)c(F)c3)C2)sc1C. The molecule has 8 heteroatoms. The van der Waals surface area contributed by atoms with Gasteiger partial charge in [0.2, 0.25) is 5.91 Å². The topological polar surface area (TPSA) is 62.3 Å². The summed E-state index contributed by atoms with van der Waals surface area (Å²) in [4.78, 5) is 31.0. The van der Waals surface area contributed by atoms with Crippen LogP contribution in [-0.2, 0) is 4.79 Å². The van der Waals surface area contributed by atoms with Gasteiger partial charge in [-0.15, -0.1) is 11.3 Å². The predicted molar refractivity (Wildman–Crippen MR) is 86.0 cm³/mol. The number of likely N-dealkylation sites (tertiary alicyclic amines) is 1. The Morgan fingerprint density at radius 2 is 1.96 bits per heavy atom. The summed E-state index contributed by atoms with van der Waals surface area (Å²) >= 11 is 1.40. The second-order valence-corrected chi connectivity index (χ2v) is 6.89. The number of rotatable bonds is 3. The first-order chi connectivity index (χ1) is 11.3.